The maximum absolute atomic E-state index is 6.09. The molecule has 19 heavy (non-hydrogen) atoms. The van der Waals surface area contributed by atoms with Gasteiger partial charge in [-0.1, -0.05) is 16.8 Å². The van der Waals surface area contributed by atoms with Gasteiger partial charge in [0.15, 0.2) is 0 Å². The zero-order chi connectivity index (χ0) is 13.2. The second-order valence-corrected chi connectivity index (χ2v) is 4.50. The quantitative estimate of drug-likeness (QED) is 0.719. The average Bonchev–Trinajstić information content (AvgIpc) is 2.93. The Balaban J connectivity index is 2.26. The Labute approximate surface area is 114 Å². The normalized spacial score (nSPS) is 10.6. The van der Waals surface area contributed by atoms with E-state index in [1.807, 2.05) is 25.1 Å². The van der Waals surface area contributed by atoms with Crippen molar-refractivity contribution >= 4 is 11.6 Å². The maximum atomic E-state index is 6.09. The van der Waals surface area contributed by atoms with Crippen LogP contribution in [0.15, 0.2) is 43.1 Å². The third-order valence-electron chi connectivity index (χ3n) is 2.78. The Morgan fingerprint density at radius 2 is 2.16 bits per heavy atom. The lowest BCUT2D eigenvalue weighted by Gasteiger charge is -2.10. The Morgan fingerprint density at radius 1 is 1.26 bits per heavy atom. The van der Waals surface area contributed by atoms with Crippen molar-refractivity contribution in [1.29, 1.82) is 0 Å². The van der Waals surface area contributed by atoms with Gasteiger partial charge >= 0.3 is 0 Å². The van der Waals surface area contributed by atoms with Crippen molar-refractivity contribution in [2.45, 2.75) is 6.92 Å². The summed E-state index contributed by atoms with van der Waals surface area (Å²) >= 11 is 6.09. The number of nitrogens with zero attached hydrogens (tertiary/aromatic N) is 5. The highest BCUT2D eigenvalue weighted by Crippen LogP contribution is 2.29. The van der Waals surface area contributed by atoms with E-state index >= 15 is 0 Å². The fraction of sp³-hybridized carbons (Fsp3) is 0.0769. The van der Waals surface area contributed by atoms with Crippen LogP contribution < -0.4 is 0 Å². The third-order valence-corrected chi connectivity index (χ3v) is 3.01. The van der Waals surface area contributed by atoms with Crippen LogP contribution >= 0.6 is 11.6 Å². The van der Waals surface area contributed by atoms with Gasteiger partial charge in [-0.25, -0.2) is 14.6 Å². The topological polar surface area (TPSA) is 56.5 Å². The summed E-state index contributed by atoms with van der Waals surface area (Å²) in [5.41, 5.74) is 3.59. The minimum absolute atomic E-state index is 0.650. The SMILES string of the molecule is Cc1cncnc1-c1cc(Cl)ccc1-n1ccnn1. The van der Waals surface area contributed by atoms with Crippen LogP contribution in [0.25, 0.3) is 16.9 Å². The molecule has 6 heteroatoms. The number of hydrogen-bond donors (Lipinski definition) is 0. The molecule has 0 fully saturated rings. The largest absolute Gasteiger partial charge is 0.245 e. The van der Waals surface area contributed by atoms with Gasteiger partial charge in [0.25, 0.3) is 0 Å². The molecule has 1 aromatic carbocycles. The molecular formula is C13H10ClN5. The highest BCUT2D eigenvalue weighted by atomic mass is 35.5. The molecule has 5 nitrogen and oxygen atoms in total. The highest BCUT2D eigenvalue weighted by molar-refractivity contribution is 6.31. The Bertz CT molecular complexity index is 709. The lowest BCUT2D eigenvalue weighted by molar-refractivity contribution is 0.804. The molecule has 0 radical (unpaired) electrons. The number of halogens is 1. The van der Waals surface area contributed by atoms with Crippen molar-refractivity contribution in [3.63, 3.8) is 0 Å². The molecule has 2 heterocycles. The molecule has 0 unspecified atom stereocenters. The molecule has 94 valence electrons. The first-order chi connectivity index (χ1) is 9.25. The number of aryl methyl sites for hydroxylation is 1. The second-order valence-electron chi connectivity index (χ2n) is 4.06. The summed E-state index contributed by atoms with van der Waals surface area (Å²) in [4.78, 5) is 8.34. The number of rotatable bonds is 2. The van der Waals surface area contributed by atoms with E-state index in [1.165, 1.54) is 6.33 Å². The summed E-state index contributed by atoms with van der Waals surface area (Å²) in [6.07, 6.45) is 6.71. The number of hydrogen-bond acceptors (Lipinski definition) is 4. The zero-order valence-corrected chi connectivity index (χ0v) is 10.9. The molecule has 0 aliphatic carbocycles. The minimum atomic E-state index is 0.650. The van der Waals surface area contributed by atoms with Crippen LogP contribution in [-0.4, -0.2) is 25.0 Å². The van der Waals surface area contributed by atoms with Crippen molar-refractivity contribution in [2.75, 3.05) is 0 Å². The molecule has 0 aliphatic rings. The van der Waals surface area contributed by atoms with Crippen LogP contribution in [0.3, 0.4) is 0 Å². The van der Waals surface area contributed by atoms with Crippen molar-refractivity contribution < 1.29 is 0 Å². The van der Waals surface area contributed by atoms with Gasteiger partial charge in [0.1, 0.15) is 6.33 Å². The van der Waals surface area contributed by atoms with E-state index in [-0.39, 0.29) is 0 Å². The first-order valence-electron chi connectivity index (χ1n) is 5.69. The second kappa shape index (κ2) is 4.78. The molecule has 0 bridgehead atoms. The molecule has 3 rings (SSSR count). The van der Waals surface area contributed by atoms with Gasteiger partial charge in [-0.2, -0.15) is 0 Å². The van der Waals surface area contributed by atoms with Crippen molar-refractivity contribution in [2.24, 2.45) is 0 Å². The monoisotopic (exact) mass is 271 g/mol. The Hall–Kier alpha value is -2.27. The van der Waals surface area contributed by atoms with E-state index in [2.05, 4.69) is 20.3 Å². The van der Waals surface area contributed by atoms with E-state index in [0.29, 0.717) is 5.02 Å². The Morgan fingerprint density at radius 3 is 2.89 bits per heavy atom. The smallest absolute Gasteiger partial charge is 0.116 e. The minimum Gasteiger partial charge on any atom is -0.245 e. The molecule has 0 aliphatic heterocycles. The van der Waals surface area contributed by atoms with Gasteiger partial charge in [0.05, 0.1) is 23.8 Å². The standard InChI is InChI=1S/C13H10ClN5/c1-9-7-15-8-16-13(9)11-6-10(14)2-3-12(11)19-5-4-17-18-19/h2-8H,1H3. The maximum Gasteiger partial charge on any atom is 0.116 e. The number of aromatic nitrogens is 5. The van der Waals surface area contributed by atoms with Crippen LogP contribution in [0.4, 0.5) is 0 Å². The van der Waals surface area contributed by atoms with Gasteiger partial charge in [0.2, 0.25) is 0 Å². The van der Waals surface area contributed by atoms with Crippen molar-refractivity contribution in [3.8, 4) is 16.9 Å². The summed E-state index contributed by atoms with van der Waals surface area (Å²) in [6.45, 7) is 1.96. The highest BCUT2D eigenvalue weighted by Gasteiger charge is 2.12. The predicted octanol–water partition coefficient (Wildman–Crippen LogP) is 2.69. The van der Waals surface area contributed by atoms with E-state index in [9.17, 15) is 0 Å². The molecule has 0 N–H and O–H groups in total. The first-order valence-corrected chi connectivity index (χ1v) is 6.07. The fourth-order valence-electron chi connectivity index (χ4n) is 1.92. The molecular weight excluding hydrogens is 262 g/mol. The molecule has 3 aromatic rings. The molecule has 0 amide bonds. The van der Waals surface area contributed by atoms with Gasteiger partial charge in [-0.05, 0) is 30.7 Å². The summed E-state index contributed by atoms with van der Waals surface area (Å²) in [6, 6.07) is 5.58. The van der Waals surface area contributed by atoms with Crippen LogP contribution in [-0.2, 0) is 0 Å². The van der Waals surface area contributed by atoms with E-state index in [1.54, 1.807) is 23.3 Å². The van der Waals surface area contributed by atoms with Gasteiger partial charge in [-0.3, -0.25) is 0 Å². The molecule has 0 saturated heterocycles. The van der Waals surface area contributed by atoms with Crippen LogP contribution in [0.5, 0.6) is 0 Å². The molecule has 0 atom stereocenters. The summed E-state index contributed by atoms with van der Waals surface area (Å²) in [5.74, 6) is 0. The van der Waals surface area contributed by atoms with Gasteiger partial charge < -0.3 is 0 Å². The zero-order valence-electron chi connectivity index (χ0n) is 10.2. The van der Waals surface area contributed by atoms with E-state index in [0.717, 1.165) is 22.5 Å². The summed E-state index contributed by atoms with van der Waals surface area (Å²) in [5, 5.41) is 8.49. The van der Waals surface area contributed by atoms with Gasteiger partial charge in [0, 0.05) is 16.8 Å². The van der Waals surface area contributed by atoms with Crippen LogP contribution in [0.1, 0.15) is 5.56 Å². The van der Waals surface area contributed by atoms with E-state index in [4.69, 9.17) is 11.6 Å². The molecule has 0 spiro atoms. The van der Waals surface area contributed by atoms with Crippen molar-refractivity contribution in [1.82, 2.24) is 25.0 Å². The molecule has 2 aromatic heterocycles. The summed E-state index contributed by atoms with van der Waals surface area (Å²) < 4.78 is 1.69. The van der Waals surface area contributed by atoms with Crippen LogP contribution in [0, 0.1) is 6.92 Å². The lowest BCUT2D eigenvalue weighted by atomic mass is 10.1. The predicted molar refractivity (Wildman–Crippen MR) is 72.1 cm³/mol. The first kappa shape index (κ1) is 11.8. The average molecular weight is 272 g/mol. The third kappa shape index (κ3) is 2.20. The summed E-state index contributed by atoms with van der Waals surface area (Å²) in [7, 11) is 0. The van der Waals surface area contributed by atoms with Crippen LogP contribution in [0.2, 0.25) is 5.02 Å². The number of benzene rings is 1. The lowest BCUT2D eigenvalue weighted by Crippen LogP contribution is -2.00. The Kier molecular flexibility index (Phi) is 2.97. The van der Waals surface area contributed by atoms with E-state index < -0.39 is 0 Å². The van der Waals surface area contributed by atoms with Crippen molar-refractivity contribution in [3.05, 3.63) is 53.7 Å². The molecule has 0 saturated carbocycles. The van der Waals surface area contributed by atoms with Gasteiger partial charge in [-0.15, -0.1) is 5.10 Å². The fourth-order valence-corrected chi connectivity index (χ4v) is 2.09.